The van der Waals surface area contributed by atoms with Crippen LogP contribution in [0.5, 0.6) is 0 Å². The second kappa shape index (κ2) is 6.57. The average molecular weight is 348 g/mol. The number of piperazine rings is 1. The van der Waals surface area contributed by atoms with Crippen LogP contribution in [0.15, 0.2) is 35.5 Å². The molecular formula is C17H24N4O2S. The third-order valence-electron chi connectivity index (χ3n) is 4.52. The maximum absolute atomic E-state index is 12.7. The molecule has 7 heteroatoms. The van der Waals surface area contributed by atoms with E-state index < -0.39 is 10.0 Å². The van der Waals surface area contributed by atoms with Gasteiger partial charge in [0.1, 0.15) is 4.90 Å². The lowest BCUT2D eigenvalue weighted by atomic mass is 10.1. The number of aromatic nitrogens is 2. The summed E-state index contributed by atoms with van der Waals surface area (Å²) in [5, 5.41) is 4.08. The van der Waals surface area contributed by atoms with E-state index in [9.17, 15) is 8.42 Å². The van der Waals surface area contributed by atoms with Crippen molar-refractivity contribution in [2.24, 2.45) is 0 Å². The lowest BCUT2D eigenvalue weighted by Crippen LogP contribution is -2.48. The Bertz CT molecular complexity index is 821. The molecule has 1 aromatic heterocycles. The first-order chi connectivity index (χ1) is 11.4. The van der Waals surface area contributed by atoms with Gasteiger partial charge in [0.2, 0.25) is 10.0 Å². The summed E-state index contributed by atoms with van der Waals surface area (Å²) in [6, 6.07) is 6.39. The van der Waals surface area contributed by atoms with E-state index in [1.165, 1.54) is 23.0 Å². The quantitative estimate of drug-likeness (QED) is 0.848. The van der Waals surface area contributed by atoms with Crippen LogP contribution in [0.25, 0.3) is 0 Å². The van der Waals surface area contributed by atoms with Gasteiger partial charge in [-0.3, -0.25) is 4.68 Å². The van der Waals surface area contributed by atoms with Crippen molar-refractivity contribution in [1.29, 1.82) is 0 Å². The van der Waals surface area contributed by atoms with Gasteiger partial charge in [0.25, 0.3) is 0 Å². The number of hydrogen-bond donors (Lipinski definition) is 0. The fourth-order valence-corrected chi connectivity index (χ4v) is 4.41. The van der Waals surface area contributed by atoms with Gasteiger partial charge in [-0.15, -0.1) is 0 Å². The van der Waals surface area contributed by atoms with Gasteiger partial charge < -0.3 is 4.90 Å². The summed E-state index contributed by atoms with van der Waals surface area (Å²) in [6.45, 7) is 9.16. The van der Waals surface area contributed by atoms with Crippen LogP contribution in [0.3, 0.4) is 0 Å². The Labute approximate surface area is 143 Å². The van der Waals surface area contributed by atoms with Crippen molar-refractivity contribution in [3.8, 4) is 0 Å². The monoisotopic (exact) mass is 348 g/mol. The molecule has 1 aliphatic rings. The minimum atomic E-state index is -3.45. The largest absolute Gasteiger partial charge is 0.369 e. The van der Waals surface area contributed by atoms with Crippen molar-refractivity contribution >= 4 is 15.7 Å². The lowest BCUT2D eigenvalue weighted by molar-refractivity contribution is 0.384. The van der Waals surface area contributed by atoms with E-state index in [-0.39, 0.29) is 4.90 Å². The van der Waals surface area contributed by atoms with Gasteiger partial charge in [-0.2, -0.15) is 9.40 Å². The first kappa shape index (κ1) is 17.0. The van der Waals surface area contributed by atoms with Crippen molar-refractivity contribution in [3.05, 3.63) is 41.7 Å². The number of nitrogens with zero attached hydrogens (tertiary/aromatic N) is 4. The van der Waals surface area contributed by atoms with E-state index in [1.807, 2.05) is 6.92 Å². The first-order valence-corrected chi connectivity index (χ1v) is 9.70. The molecule has 0 radical (unpaired) electrons. The van der Waals surface area contributed by atoms with E-state index in [0.29, 0.717) is 32.7 Å². The smallest absolute Gasteiger partial charge is 0.246 e. The number of benzene rings is 1. The molecule has 0 bridgehead atoms. The van der Waals surface area contributed by atoms with Crippen molar-refractivity contribution in [3.63, 3.8) is 0 Å². The van der Waals surface area contributed by atoms with Crippen LogP contribution in [0.1, 0.15) is 18.1 Å². The zero-order chi connectivity index (χ0) is 17.3. The third kappa shape index (κ3) is 3.18. The van der Waals surface area contributed by atoms with Crippen LogP contribution in [0.2, 0.25) is 0 Å². The molecule has 130 valence electrons. The van der Waals surface area contributed by atoms with E-state index in [2.05, 4.69) is 42.0 Å². The fourth-order valence-electron chi connectivity index (χ4n) is 3.03. The molecule has 1 saturated heterocycles. The van der Waals surface area contributed by atoms with Gasteiger partial charge in [-0.1, -0.05) is 12.1 Å². The highest BCUT2D eigenvalue weighted by molar-refractivity contribution is 7.89. The molecule has 2 heterocycles. The number of hydrogen-bond acceptors (Lipinski definition) is 4. The zero-order valence-corrected chi connectivity index (χ0v) is 15.3. The second-order valence-electron chi connectivity index (χ2n) is 6.21. The normalized spacial score (nSPS) is 16.5. The molecular weight excluding hydrogens is 324 g/mol. The molecule has 0 atom stereocenters. The predicted octanol–water partition coefficient (Wildman–Crippen LogP) is 2.03. The zero-order valence-electron chi connectivity index (χ0n) is 14.4. The molecule has 24 heavy (non-hydrogen) atoms. The molecule has 0 amide bonds. The molecule has 1 aliphatic heterocycles. The van der Waals surface area contributed by atoms with Crippen LogP contribution >= 0.6 is 0 Å². The average Bonchev–Trinajstić information content (AvgIpc) is 3.07. The fraction of sp³-hybridized carbons (Fsp3) is 0.471. The molecule has 0 saturated carbocycles. The highest BCUT2D eigenvalue weighted by Crippen LogP contribution is 2.24. The Balaban J connectivity index is 1.73. The molecule has 1 fully saturated rings. The summed E-state index contributed by atoms with van der Waals surface area (Å²) < 4.78 is 28.7. The minimum absolute atomic E-state index is 0.282. The number of rotatable bonds is 4. The highest BCUT2D eigenvalue weighted by atomic mass is 32.2. The summed E-state index contributed by atoms with van der Waals surface area (Å²) in [4.78, 5) is 2.55. The Morgan fingerprint density at radius 3 is 2.46 bits per heavy atom. The lowest BCUT2D eigenvalue weighted by Gasteiger charge is -2.36. The van der Waals surface area contributed by atoms with Crippen molar-refractivity contribution in [2.45, 2.75) is 32.2 Å². The Morgan fingerprint density at radius 2 is 1.83 bits per heavy atom. The van der Waals surface area contributed by atoms with Gasteiger partial charge in [-0.05, 0) is 38.0 Å². The van der Waals surface area contributed by atoms with Crippen LogP contribution in [-0.4, -0.2) is 48.7 Å². The third-order valence-corrected chi connectivity index (χ3v) is 6.37. The van der Waals surface area contributed by atoms with Gasteiger partial charge in [0, 0.05) is 44.6 Å². The van der Waals surface area contributed by atoms with E-state index in [1.54, 1.807) is 15.2 Å². The number of aryl methyl sites for hydroxylation is 3. The van der Waals surface area contributed by atoms with Gasteiger partial charge in [-0.25, -0.2) is 8.42 Å². The molecule has 3 rings (SSSR count). The van der Waals surface area contributed by atoms with Crippen molar-refractivity contribution in [2.75, 3.05) is 31.1 Å². The van der Waals surface area contributed by atoms with Crippen molar-refractivity contribution in [1.82, 2.24) is 14.1 Å². The minimum Gasteiger partial charge on any atom is -0.369 e. The van der Waals surface area contributed by atoms with Gasteiger partial charge >= 0.3 is 0 Å². The maximum Gasteiger partial charge on any atom is 0.246 e. The number of sulfonamides is 1. The predicted molar refractivity (Wildman–Crippen MR) is 94.8 cm³/mol. The Kier molecular flexibility index (Phi) is 4.64. The van der Waals surface area contributed by atoms with Gasteiger partial charge in [0.05, 0.1) is 6.20 Å². The van der Waals surface area contributed by atoms with E-state index in [0.717, 1.165) is 0 Å². The second-order valence-corrected chi connectivity index (χ2v) is 8.15. The van der Waals surface area contributed by atoms with E-state index >= 15 is 0 Å². The van der Waals surface area contributed by atoms with Crippen LogP contribution in [0.4, 0.5) is 5.69 Å². The molecule has 0 aliphatic carbocycles. The molecule has 0 unspecified atom stereocenters. The highest BCUT2D eigenvalue weighted by Gasteiger charge is 2.29. The topological polar surface area (TPSA) is 58.4 Å². The first-order valence-electron chi connectivity index (χ1n) is 8.26. The van der Waals surface area contributed by atoms with Crippen molar-refractivity contribution < 1.29 is 8.42 Å². The summed E-state index contributed by atoms with van der Waals surface area (Å²) in [5.74, 6) is 0. The standard InChI is InChI=1S/C17H24N4O2S/c1-4-20-13-16(12-18-20)24(22,23)21-9-7-19(8-10-21)17-11-14(2)5-6-15(17)3/h5-6,11-13H,4,7-10H2,1-3H3. The van der Waals surface area contributed by atoms with Crippen LogP contribution < -0.4 is 4.90 Å². The van der Waals surface area contributed by atoms with Crippen LogP contribution in [-0.2, 0) is 16.6 Å². The molecule has 1 aromatic carbocycles. The Morgan fingerprint density at radius 1 is 1.12 bits per heavy atom. The molecule has 6 nitrogen and oxygen atoms in total. The molecule has 0 N–H and O–H groups in total. The summed E-state index contributed by atoms with van der Waals surface area (Å²) in [7, 11) is -3.45. The van der Waals surface area contributed by atoms with Gasteiger partial charge in [0.15, 0.2) is 0 Å². The summed E-state index contributed by atoms with van der Waals surface area (Å²) >= 11 is 0. The molecule has 2 aromatic rings. The molecule has 0 spiro atoms. The Hall–Kier alpha value is -1.86. The summed E-state index contributed by atoms with van der Waals surface area (Å²) in [5.41, 5.74) is 3.64. The SMILES string of the molecule is CCn1cc(S(=O)(=O)N2CCN(c3cc(C)ccc3C)CC2)cn1. The maximum atomic E-state index is 12.7. The van der Waals surface area contributed by atoms with E-state index in [4.69, 9.17) is 0 Å². The number of anilines is 1. The summed E-state index contributed by atoms with van der Waals surface area (Å²) in [6.07, 6.45) is 3.04. The van der Waals surface area contributed by atoms with Crippen LogP contribution in [0, 0.1) is 13.8 Å².